The summed E-state index contributed by atoms with van der Waals surface area (Å²) in [5.74, 6) is 0.312. The Bertz CT molecular complexity index is 6690. The Morgan fingerprint density at radius 1 is 0.463 bits per heavy atom. The molecule has 0 unspecified atom stereocenters. The highest BCUT2D eigenvalue weighted by molar-refractivity contribution is 9.11. The van der Waals surface area contributed by atoms with E-state index in [0.29, 0.717) is 28.1 Å². The van der Waals surface area contributed by atoms with Gasteiger partial charge in [-0.25, -0.2) is 19.7 Å². The number of isocyanates is 1. The van der Waals surface area contributed by atoms with Crippen molar-refractivity contribution < 1.29 is 34.7 Å². The minimum absolute atomic E-state index is 0.0925. The highest BCUT2D eigenvalue weighted by Crippen LogP contribution is 2.39. The Morgan fingerprint density at radius 3 is 1.21 bits per heavy atom. The largest absolute Gasteiger partial charge is 0.494 e. The number of hydrogen-bond donors (Lipinski definition) is 8. The summed E-state index contributed by atoms with van der Waals surface area (Å²) in [6.45, 7) is 17.7. The molecule has 6 aromatic carbocycles. The highest BCUT2D eigenvalue weighted by atomic mass is 79.9. The molecular weight excluding hydrogens is 1820 g/mol. The molecule has 0 radical (unpaired) electrons. The topological polar surface area (TPSA) is 435 Å². The number of aryl methyl sites for hydroxylation is 2. The number of pyridine rings is 5. The van der Waals surface area contributed by atoms with Gasteiger partial charge in [-0.2, -0.15) is 15.3 Å². The lowest BCUT2D eigenvalue weighted by Crippen LogP contribution is -2.41. The molecule has 0 aliphatic carbocycles. The van der Waals surface area contributed by atoms with Gasteiger partial charge >= 0.3 is 7.12 Å². The van der Waals surface area contributed by atoms with Crippen LogP contribution in [0.25, 0.3) is 123 Å². The predicted molar refractivity (Wildman–Crippen MR) is 488 cm³/mol. The van der Waals surface area contributed by atoms with Gasteiger partial charge in [0.2, 0.25) is 6.08 Å². The Morgan fingerprint density at radius 2 is 0.826 bits per heavy atom. The van der Waals surface area contributed by atoms with Crippen LogP contribution in [0.15, 0.2) is 212 Å². The summed E-state index contributed by atoms with van der Waals surface area (Å²) >= 11 is 14.1. The second-order valence-corrected chi connectivity index (χ2v) is 32.3. The highest BCUT2D eigenvalue weighted by Gasteiger charge is 2.52. The van der Waals surface area contributed by atoms with Crippen molar-refractivity contribution in [2.24, 2.45) is 41.4 Å². The standard InChI is InChI=1S/C22H18N6O.C21H23BN4O2.C21H16N6O.2C7H7BrN2O.C6H5Br2N.C2H3NOS/c1-12-15(10-24-11-16(12)21(23)29)13-7-8-19-14(9-13)20(27-28(19)2)22-25-17-5-3-4-6-18(17)26-22;1-20(2)21(3,4)28-22(27-20)13-10-11-17-14(12-13)18(25-26(17)5)19-23-15-8-6-7-9-16(15)24-19;1-11-14(9-23-10-15(11)20(22)28)12-6-7-16-13(8-12)19(27-26-16)21-24-17-4-2-3-5-18(17)25-21;2*1-4-5(7(9)11)2-10-3-6(4)8;1-4-5(7)2-9-3-6(4)8;1-5-3-2-4/h3-11H,1-2H3,(H2,23,29)(H,25,26);6-12H,1-5H3,(H,23,24);2-10H,1H3,(H2,22,28)(H,24,25)(H,26,27);2*2-3H,1H3,(H2,9,11);2-3H,1H3;1H3/i;;;;;;1T. The van der Waals surface area contributed by atoms with Crippen molar-refractivity contribution in [3.8, 4) is 56.8 Å². The van der Waals surface area contributed by atoms with Gasteiger partial charge in [0.1, 0.15) is 17.1 Å². The van der Waals surface area contributed by atoms with Crippen molar-refractivity contribution >= 4 is 184 Å². The van der Waals surface area contributed by atoms with E-state index in [9.17, 15) is 19.2 Å². The lowest BCUT2D eigenvalue weighted by atomic mass is 9.78. The molecule has 0 saturated carbocycles. The number of carbonyl (C=O) groups excluding carboxylic acids is 5. The van der Waals surface area contributed by atoms with Crippen molar-refractivity contribution in [2.45, 2.75) is 73.5 Å². The number of imidazole rings is 3. The molecule has 12 heterocycles. The molecule has 0 spiro atoms. The van der Waals surface area contributed by atoms with Gasteiger partial charge < -0.3 is 47.2 Å². The maximum absolute atomic E-state index is 11.7. The Balaban J connectivity index is 0.000000139. The molecule has 1 aliphatic rings. The van der Waals surface area contributed by atoms with Crippen LogP contribution in [-0.2, 0) is 28.2 Å². The fourth-order valence-electron chi connectivity index (χ4n) is 12.9. The van der Waals surface area contributed by atoms with Crippen LogP contribution in [0.2, 0.25) is 0 Å². The molecule has 0 bridgehead atoms. The van der Waals surface area contributed by atoms with Crippen molar-refractivity contribution in [1.82, 2.24) is 84.6 Å². The number of para-hydroxylation sites is 6. The van der Waals surface area contributed by atoms with Gasteiger partial charge in [0, 0.05) is 129 Å². The van der Waals surface area contributed by atoms with E-state index in [1.54, 1.807) is 37.2 Å². The van der Waals surface area contributed by atoms with Crippen LogP contribution in [-0.4, -0.2) is 139 Å². The number of nitrogens with two attached hydrogens (primary N) is 4. The number of carbonyl (C=O) groups is 4. The van der Waals surface area contributed by atoms with Gasteiger partial charge in [-0.15, -0.1) is 4.40 Å². The zero-order valence-electron chi connectivity index (χ0n) is 68.0. The minimum atomic E-state index is -0.487. The second-order valence-electron chi connectivity index (χ2n) is 28.5. The van der Waals surface area contributed by atoms with E-state index in [-0.39, 0.29) is 17.4 Å². The van der Waals surface area contributed by atoms with Gasteiger partial charge in [0.05, 0.1) is 83.1 Å². The van der Waals surface area contributed by atoms with Crippen LogP contribution in [0.3, 0.4) is 0 Å². The summed E-state index contributed by atoms with van der Waals surface area (Å²) in [5, 5.41) is 19.8. The first kappa shape index (κ1) is 86.3. The van der Waals surface area contributed by atoms with E-state index in [1.165, 1.54) is 36.4 Å². The number of aromatic amines is 4. The van der Waals surface area contributed by atoms with Gasteiger partial charge in [0.15, 0.2) is 17.5 Å². The molecular formula is C86H79BBr4N22O7S. The number of primary amides is 4. The summed E-state index contributed by atoms with van der Waals surface area (Å²) < 4.78 is 29.3. The first-order chi connectivity index (χ1) is 58.3. The first-order valence-corrected chi connectivity index (χ1v) is 41.1. The summed E-state index contributed by atoms with van der Waals surface area (Å²) in [7, 11) is 3.45. The predicted octanol–water partition coefficient (Wildman–Crippen LogP) is 16.6. The van der Waals surface area contributed by atoms with Crippen molar-refractivity contribution in [3.63, 3.8) is 0 Å². The van der Waals surface area contributed by atoms with Crippen molar-refractivity contribution in [3.05, 3.63) is 257 Å². The van der Waals surface area contributed by atoms with E-state index < -0.39 is 30.7 Å². The molecule has 612 valence electrons. The van der Waals surface area contributed by atoms with Gasteiger partial charge in [-0.1, -0.05) is 60.7 Å². The van der Waals surface area contributed by atoms with E-state index >= 15 is 0 Å². The summed E-state index contributed by atoms with van der Waals surface area (Å²) in [6, 6.07) is 42.0. The molecule has 18 rings (SSSR count). The van der Waals surface area contributed by atoms with Crippen LogP contribution >= 0.6 is 75.7 Å². The number of amides is 4. The second kappa shape index (κ2) is 37.8. The smallest absolute Gasteiger partial charge is 0.399 e. The molecule has 1 fully saturated rings. The average Bonchev–Trinajstić information content (AvgIpc) is 1.62. The number of aromatic nitrogens is 17. The Labute approximate surface area is 732 Å². The third-order valence-corrected chi connectivity index (χ3v) is 23.7. The number of nitrogens with zero attached hydrogens (tertiary/aromatic N) is 14. The van der Waals surface area contributed by atoms with Crippen LogP contribution in [0.1, 0.15) is 98.3 Å². The molecule has 0 atom stereocenters. The third kappa shape index (κ3) is 19.5. The van der Waals surface area contributed by atoms with Crippen LogP contribution in [0.4, 0.5) is 0 Å². The summed E-state index contributed by atoms with van der Waals surface area (Å²) in [6.07, 6.45) is 17.6. The fraction of sp³-hybridized carbons (Fsp3) is 0.163. The quantitative estimate of drug-likeness (QED) is 0.0258. The number of benzene rings is 6. The normalized spacial score (nSPS) is 12.4. The van der Waals surface area contributed by atoms with E-state index in [2.05, 4.69) is 175 Å². The SMILES string of the molecule is Cc1c(Br)cncc1Br.Cc1c(Br)cncc1C(N)=O.Cc1c(Br)cncc1C(N)=O.Cc1c(C(N)=O)cncc1-c1ccc2[nH]nc(-c3nc4ccccc4[nH]3)c2c1.Cc1c(C(N)=O)cncc1-c1ccc2c(c1)c(-c1nc3ccccc3[nH]1)nn2C.Cn1nc(-c2nc3ccccc3[nH]2)c2cc(B3OC(C)(C)C(C)(C)O3)ccc21.[3H]CSN=C=O. The van der Waals surface area contributed by atoms with Crippen LogP contribution < -0.4 is 28.4 Å². The Hall–Kier alpha value is -12.6. The number of halogens is 4. The van der Waals surface area contributed by atoms with Crippen molar-refractivity contribution in [1.29, 1.82) is 0 Å². The maximum atomic E-state index is 11.7. The maximum Gasteiger partial charge on any atom is 0.494 e. The van der Waals surface area contributed by atoms with E-state index in [1.807, 2.05) is 161 Å². The van der Waals surface area contributed by atoms with Gasteiger partial charge in [-0.05, 0) is 249 Å². The van der Waals surface area contributed by atoms with E-state index in [4.69, 9.17) is 58.6 Å². The van der Waals surface area contributed by atoms with Crippen LogP contribution in [0, 0.1) is 34.6 Å². The average molecular weight is 1900 g/mol. The molecule has 11 aromatic heterocycles. The van der Waals surface area contributed by atoms with E-state index in [0.717, 1.165) is 174 Å². The zero-order chi connectivity index (χ0) is 87.6. The number of fused-ring (bicyclic) bond motifs is 6. The van der Waals surface area contributed by atoms with Gasteiger partial charge in [-0.3, -0.25) is 58.6 Å². The fourth-order valence-corrected chi connectivity index (χ4v) is 14.5. The number of nitrogens with one attached hydrogen (secondary N) is 4. The molecule has 35 heteroatoms. The summed E-state index contributed by atoms with van der Waals surface area (Å²) in [4.78, 5) is 98.1. The van der Waals surface area contributed by atoms with Crippen LogP contribution in [0.5, 0.6) is 0 Å². The summed E-state index contributed by atoms with van der Waals surface area (Å²) in [5.41, 5.74) is 42.1. The zero-order valence-corrected chi connectivity index (χ0v) is 74.2. The molecule has 1 aliphatic heterocycles. The monoisotopic (exact) mass is 1890 g/mol. The lowest BCUT2D eigenvalue weighted by Gasteiger charge is -2.32. The molecule has 1 saturated heterocycles. The first-order valence-electron chi connectivity index (χ1n) is 37.6. The molecule has 17 aromatic rings. The Kier molecular flexibility index (Phi) is 26.9. The molecule has 29 nitrogen and oxygen atoms in total. The van der Waals surface area contributed by atoms with Crippen molar-refractivity contribution in [2.75, 3.05) is 6.23 Å². The number of rotatable bonds is 11. The number of hydrogen-bond acceptors (Lipinski definition) is 20. The minimum Gasteiger partial charge on any atom is -0.399 e. The van der Waals surface area contributed by atoms with Gasteiger partial charge in [0.25, 0.3) is 23.6 Å². The number of H-pyrrole nitrogens is 4. The lowest BCUT2D eigenvalue weighted by molar-refractivity contribution is 0.00578. The molecule has 121 heavy (non-hydrogen) atoms. The molecule has 4 amide bonds. The third-order valence-electron chi connectivity index (χ3n) is 20.3. The molecule has 12 N–H and O–H groups in total.